The van der Waals surface area contributed by atoms with Gasteiger partial charge in [-0.15, -0.1) is 0 Å². The highest BCUT2D eigenvalue weighted by Crippen LogP contribution is 2.45. The van der Waals surface area contributed by atoms with E-state index in [-0.39, 0.29) is 36.1 Å². The third-order valence-corrected chi connectivity index (χ3v) is 7.61. The predicted octanol–water partition coefficient (Wildman–Crippen LogP) is 6.85. The summed E-state index contributed by atoms with van der Waals surface area (Å²) < 4.78 is 40.1. The van der Waals surface area contributed by atoms with Crippen LogP contribution in [-0.2, 0) is 22.5 Å². The summed E-state index contributed by atoms with van der Waals surface area (Å²) in [5, 5.41) is 12.5. The number of aliphatic imine (C=N–C) groups is 1. The Labute approximate surface area is 257 Å². The summed E-state index contributed by atoms with van der Waals surface area (Å²) >= 11 is 12.9. The van der Waals surface area contributed by atoms with Gasteiger partial charge in [0.1, 0.15) is 17.4 Å². The normalized spacial score (nSPS) is 17.7. The van der Waals surface area contributed by atoms with Gasteiger partial charge < -0.3 is 19.9 Å². The molecule has 2 atom stereocenters. The molecule has 0 aliphatic carbocycles. The largest absolute Gasteiger partial charge is 0.494 e. The van der Waals surface area contributed by atoms with Gasteiger partial charge in [-0.3, -0.25) is 4.79 Å². The molecule has 0 fully saturated rings. The fraction of sp³-hybridized carbons (Fsp3) is 0.212. The van der Waals surface area contributed by atoms with Gasteiger partial charge in [0.2, 0.25) is 5.90 Å². The average molecular weight is 625 g/mol. The Morgan fingerprint density at radius 1 is 1.00 bits per heavy atom. The van der Waals surface area contributed by atoms with Crippen LogP contribution in [0.2, 0.25) is 10.0 Å². The number of aliphatic hydroxyl groups excluding tert-OH is 1. The highest BCUT2D eigenvalue weighted by atomic mass is 35.5. The topological polar surface area (TPSA) is 80.2 Å². The van der Waals surface area contributed by atoms with Crippen molar-refractivity contribution in [2.45, 2.75) is 31.0 Å². The highest BCUT2D eigenvalue weighted by molar-refractivity contribution is 6.35. The zero-order chi connectivity index (χ0) is 30.4. The molecule has 1 heterocycles. The quantitative estimate of drug-likeness (QED) is 0.179. The molecular weight excluding hydrogens is 597 g/mol. The summed E-state index contributed by atoms with van der Waals surface area (Å²) in [7, 11) is 0. The van der Waals surface area contributed by atoms with Crippen molar-refractivity contribution in [3.63, 3.8) is 0 Å². The van der Waals surface area contributed by atoms with Crippen molar-refractivity contribution in [1.82, 2.24) is 5.32 Å². The molecule has 0 radical (unpaired) electrons. The molecule has 4 aromatic rings. The first-order valence-corrected chi connectivity index (χ1v) is 14.4. The molecule has 6 nitrogen and oxygen atoms in total. The van der Waals surface area contributed by atoms with E-state index in [1.54, 1.807) is 42.5 Å². The van der Waals surface area contributed by atoms with Crippen molar-refractivity contribution < 1.29 is 28.2 Å². The average Bonchev–Trinajstić information content (AvgIpc) is 3.37. The molecule has 10 heteroatoms. The van der Waals surface area contributed by atoms with E-state index in [1.807, 2.05) is 30.3 Å². The Kier molecular flexibility index (Phi) is 9.60. The number of hydrogen-bond acceptors (Lipinski definition) is 5. The first-order valence-electron chi connectivity index (χ1n) is 13.6. The van der Waals surface area contributed by atoms with Crippen molar-refractivity contribution in [2.24, 2.45) is 4.99 Å². The number of amides is 1. The monoisotopic (exact) mass is 624 g/mol. The number of ether oxygens (including phenoxy) is 2. The lowest BCUT2D eigenvalue weighted by Crippen LogP contribution is -2.49. The van der Waals surface area contributed by atoms with E-state index in [4.69, 9.17) is 42.8 Å². The number of hydrogen-bond donors (Lipinski definition) is 2. The lowest BCUT2D eigenvalue weighted by Gasteiger charge is -2.31. The van der Waals surface area contributed by atoms with E-state index in [1.165, 1.54) is 6.07 Å². The predicted molar refractivity (Wildman–Crippen MR) is 162 cm³/mol. The molecule has 5 rings (SSSR count). The van der Waals surface area contributed by atoms with Gasteiger partial charge in [-0.25, -0.2) is 13.8 Å². The fourth-order valence-corrected chi connectivity index (χ4v) is 5.38. The van der Waals surface area contributed by atoms with Gasteiger partial charge in [-0.1, -0.05) is 65.7 Å². The molecular formula is C33H28Cl2F2N2O4. The second kappa shape index (κ2) is 13.5. The maximum atomic E-state index is 14.5. The lowest BCUT2D eigenvalue weighted by molar-refractivity contribution is -0.129. The number of rotatable bonds is 11. The zero-order valence-corrected chi connectivity index (χ0v) is 24.4. The van der Waals surface area contributed by atoms with Crippen LogP contribution in [0, 0.1) is 11.6 Å². The Hall–Kier alpha value is -3.98. The summed E-state index contributed by atoms with van der Waals surface area (Å²) in [6.45, 7) is 0.184. The zero-order valence-electron chi connectivity index (χ0n) is 22.9. The van der Waals surface area contributed by atoms with Crippen LogP contribution >= 0.6 is 23.2 Å². The summed E-state index contributed by atoms with van der Waals surface area (Å²) in [5.41, 5.74) is 0.443. The van der Waals surface area contributed by atoms with E-state index >= 15 is 0 Å². The first-order chi connectivity index (χ1) is 20.8. The minimum absolute atomic E-state index is 0.0245. The SMILES string of the molecule is O=C(NCc1ccc(F)cc1F)[C@]1(Cc2ccccc2)N=C(c2ccc(OCCCO)cc2)O[C@@H]1c1ccc(Cl)cc1Cl. The molecule has 43 heavy (non-hydrogen) atoms. The smallest absolute Gasteiger partial charge is 0.252 e. The van der Waals surface area contributed by atoms with Gasteiger partial charge in [-0.05, 0) is 48.0 Å². The van der Waals surface area contributed by atoms with Crippen molar-refractivity contribution in [1.29, 1.82) is 0 Å². The molecule has 0 unspecified atom stereocenters. The Morgan fingerprint density at radius 2 is 1.77 bits per heavy atom. The molecule has 0 saturated carbocycles. The molecule has 222 valence electrons. The number of carbonyl (C=O) groups excluding carboxylic acids is 1. The summed E-state index contributed by atoms with van der Waals surface area (Å²) in [4.78, 5) is 19.2. The van der Waals surface area contributed by atoms with Crippen LogP contribution in [-0.4, -0.2) is 35.7 Å². The molecule has 0 saturated heterocycles. The first kappa shape index (κ1) is 30.5. The van der Waals surface area contributed by atoms with Crippen LogP contribution in [0.5, 0.6) is 5.75 Å². The van der Waals surface area contributed by atoms with Gasteiger partial charge in [0, 0.05) is 58.8 Å². The summed E-state index contributed by atoms with van der Waals surface area (Å²) in [6.07, 6.45) is -0.354. The molecule has 2 N–H and O–H groups in total. The van der Waals surface area contributed by atoms with Crippen molar-refractivity contribution in [3.05, 3.63) is 135 Å². The van der Waals surface area contributed by atoms with E-state index < -0.39 is 29.2 Å². The van der Waals surface area contributed by atoms with E-state index in [0.717, 1.165) is 17.7 Å². The van der Waals surface area contributed by atoms with Gasteiger partial charge in [0.15, 0.2) is 11.6 Å². The molecule has 0 aromatic heterocycles. The number of benzene rings is 4. The number of aliphatic hydroxyl groups is 1. The standard InChI is InChI=1S/C33H28Cl2F2N2O4/c34-24-10-14-27(28(35)17-24)30-33(19-21-5-2-1-3-6-21,32(41)38-20-23-7-11-25(36)18-29(23)37)39-31(43-30)22-8-12-26(13-9-22)42-16-4-15-40/h1-3,5-14,17-18,30,40H,4,15-16,19-20H2,(H,38,41)/t30-,33-/m1/s1. The second-order valence-corrected chi connectivity index (χ2v) is 10.9. The highest BCUT2D eigenvalue weighted by Gasteiger charge is 2.53. The van der Waals surface area contributed by atoms with Crippen LogP contribution in [0.15, 0.2) is 96.0 Å². The third kappa shape index (κ3) is 6.99. The molecule has 1 aliphatic rings. The number of carbonyl (C=O) groups is 1. The maximum absolute atomic E-state index is 14.5. The van der Waals surface area contributed by atoms with Gasteiger partial charge in [-0.2, -0.15) is 0 Å². The molecule has 1 aliphatic heterocycles. The second-order valence-electron chi connectivity index (χ2n) is 10.0. The maximum Gasteiger partial charge on any atom is 0.252 e. The summed E-state index contributed by atoms with van der Waals surface area (Å²) in [5.74, 6) is -1.22. The number of halogens is 4. The van der Waals surface area contributed by atoms with Crippen molar-refractivity contribution in [2.75, 3.05) is 13.2 Å². The van der Waals surface area contributed by atoms with Gasteiger partial charge >= 0.3 is 0 Å². The van der Waals surface area contributed by atoms with Crippen molar-refractivity contribution >= 4 is 35.0 Å². The lowest BCUT2D eigenvalue weighted by atomic mass is 9.82. The number of nitrogens with zero attached hydrogens (tertiary/aromatic N) is 1. The summed E-state index contributed by atoms with van der Waals surface area (Å²) in [6, 6.07) is 24.4. The van der Waals surface area contributed by atoms with Gasteiger partial charge in [0.05, 0.1) is 6.61 Å². The minimum atomic E-state index is -1.57. The van der Waals surface area contributed by atoms with Crippen molar-refractivity contribution in [3.8, 4) is 5.75 Å². The van der Waals surface area contributed by atoms with Crippen LogP contribution < -0.4 is 10.1 Å². The Morgan fingerprint density at radius 3 is 2.47 bits per heavy atom. The Bertz CT molecular complexity index is 1620. The van der Waals surface area contributed by atoms with Crippen LogP contribution in [0.4, 0.5) is 8.78 Å². The molecule has 0 bridgehead atoms. The fourth-order valence-electron chi connectivity index (χ4n) is 4.87. The van der Waals surface area contributed by atoms with Crippen LogP contribution in [0.25, 0.3) is 0 Å². The molecule has 0 spiro atoms. The van der Waals surface area contributed by atoms with Crippen LogP contribution in [0.3, 0.4) is 0 Å². The van der Waals surface area contributed by atoms with E-state index in [2.05, 4.69) is 5.32 Å². The van der Waals surface area contributed by atoms with Gasteiger partial charge in [0.25, 0.3) is 5.91 Å². The van der Waals surface area contributed by atoms with Crippen LogP contribution in [0.1, 0.15) is 34.8 Å². The number of nitrogens with one attached hydrogen (secondary N) is 1. The molecule has 4 aromatic carbocycles. The van der Waals surface area contributed by atoms with E-state index in [0.29, 0.717) is 34.9 Å². The van der Waals surface area contributed by atoms with E-state index in [9.17, 15) is 13.6 Å². The Balaban J connectivity index is 1.57. The minimum Gasteiger partial charge on any atom is -0.494 e. The molecule has 1 amide bonds. The third-order valence-electron chi connectivity index (χ3n) is 7.05.